The van der Waals surface area contributed by atoms with E-state index < -0.39 is 18.5 Å². The number of aliphatic carboxylic acids is 1. The smallest absolute Gasteiger partial charge is 0.341 e. The second-order valence-corrected chi connectivity index (χ2v) is 6.15. The van der Waals surface area contributed by atoms with Gasteiger partial charge in [0, 0.05) is 6.21 Å². The van der Waals surface area contributed by atoms with Crippen molar-refractivity contribution in [3.63, 3.8) is 0 Å². The summed E-state index contributed by atoms with van der Waals surface area (Å²) in [4.78, 5) is 26.8. The van der Waals surface area contributed by atoms with Crippen molar-refractivity contribution in [2.75, 3.05) is 20.8 Å². The highest BCUT2D eigenvalue weighted by Gasteiger charge is 2.13. The number of hydrogen-bond acceptors (Lipinski definition) is 6. The number of methoxy groups -OCH3 is 2. The molecule has 0 saturated carbocycles. The molecule has 0 fully saturated rings. The molecule has 7 nitrogen and oxygen atoms in total. The maximum absolute atomic E-state index is 11.8. The summed E-state index contributed by atoms with van der Waals surface area (Å²) in [6.07, 6.45) is 1.58. The normalized spacial score (nSPS) is 10.6. The van der Waals surface area contributed by atoms with Crippen LogP contribution in [-0.2, 0) is 9.53 Å². The molecule has 0 atom stereocenters. The minimum absolute atomic E-state index is 0.350. The first-order valence-corrected chi connectivity index (χ1v) is 8.47. The quantitative estimate of drug-likeness (QED) is 0.380. The molecule has 0 aliphatic carbocycles. The molecule has 26 heavy (non-hydrogen) atoms. The van der Waals surface area contributed by atoms with Gasteiger partial charge in [-0.25, -0.2) is 9.59 Å². The van der Waals surface area contributed by atoms with E-state index in [0.717, 1.165) is 0 Å². The van der Waals surface area contributed by atoms with Gasteiger partial charge in [-0.2, -0.15) is 0 Å². The van der Waals surface area contributed by atoms with Gasteiger partial charge in [-0.1, -0.05) is 12.1 Å². The van der Waals surface area contributed by atoms with Gasteiger partial charge in [0.25, 0.3) is 0 Å². The lowest BCUT2D eigenvalue weighted by atomic mass is 10.1. The molecule has 0 aliphatic heterocycles. The Bertz CT molecular complexity index is 850. The predicted octanol–water partition coefficient (Wildman–Crippen LogP) is 3.30. The first-order chi connectivity index (χ1) is 12.5. The van der Waals surface area contributed by atoms with Crippen LogP contribution >= 0.6 is 22.6 Å². The summed E-state index contributed by atoms with van der Waals surface area (Å²) in [6.45, 7) is -0.466. The predicted molar refractivity (Wildman–Crippen MR) is 104 cm³/mol. The number of benzene rings is 2. The maximum atomic E-state index is 11.8. The summed E-state index contributed by atoms with van der Waals surface area (Å²) in [6, 6.07) is 10.3. The monoisotopic (exact) mass is 469 g/mol. The molecule has 136 valence electrons. The molecule has 0 aromatic heterocycles. The van der Waals surface area contributed by atoms with E-state index in [9.17, 15) is 9.59 Å². The number of carboxylic acids is 1. The van der Waals surface area contributed by atoms with Crippen molar-refractivity contribution < 1.29 is 28.9 Å². The lowest BCUT2D eigenvalue weighted by Gasteiger charge is -2.12. The number of rotatable bonds is 7. The van der Waals surface area contributed by atoms with Gasteiger partial charge in [0.15, 0.2) is 18.1 Å². The molecule has 0 bridgehead atoms. The van der Waals surface area contributed by atoms with Crippen LogP contribution < -0.4 is 9.47 Å². The third-order valence-corrected chi connectivity index (χ3v) is 4.06. The standard InChI is InChI=1S/C18H16INO6/c1-24-15-8-11(7-13(19)17(15)26-10-16(21)22)9-20-14-6-4-3-5-12(14)18(23)25-2/h3-9H,10H2,1-2H3,(H,21,22). The molecule has 0 unspecified atom stereocenters. The van der Waals surface area contributed by atoms with Crippen LogP contribution in [0.1, 0.15) is 15.9 Å². The number of para-hydroxylation sites is 1. The van der Waals surface area contributed by atoms with Crippen molar-refractivity contribution >= 4 is 46.4 Å². The summed E-state index contributed by atoms with van der Waals surface area (Å²) in [5.74, 6) is -0.807. The highest BCUT2D eigenvalue weighted by molar-refractivity contribution is 14.1. The van der Waals surface area contributed by atoms with Crippen LogP contribution in [0.3, 0.4) is 0 Å². The van der Waals surface area contributed by atoms with Crippen molar-refractivity contribution in [2.24, 2.45) is 4.99 Å². The van der Waals surface area contributed by atoms with Crippen LogP contribution in [0.2, 0.25) is 0 Å². The molecule has 8 heteroatoms. The third kappa shape index (κ3) is 4.94. The molecule has 0 aliphatic rings. The van der Waals surface area contributed by atoms with Gasteiger partial charge in [-0.15, -0.1) is 0 Å². The Labute approximate surface area is 163 Å². The fourth-order valence-electron chi connectivity index (χ4n) is 2.10. The summed E-state index contributed by atoms with van der Waals surface area (Å²) in [5, 5.41) is 8.76. The van der Waals surface area contributed by atoms with E-state index in [1.165, 1.54) is 14.2 Å². The number of carbonyl (C=O) groups is 2. The first kappa shape index (κ1) is 19.7. The SMILES string of the molecule is COC(=O)c1ccccc1N=Cc1cc(I)c(OCC(=O)O)c(OC)c1. The van der Waals surface area contributed by atoms with Gasteiger partial charge >= 0.3 is 11.9 Å². The van der Waals surface area contributed by atoms with Crippen molar-refractivity contribution in [3.8, 4) is 11.5 Å². The summed E-state index contributed by atoms with van der Waals surface area (Å²) in [7, 11) is 2.78. The average Bonchev–Trinajstić information content (AvgIpc) is 2.64. The minimum Gasteiger partial charge on any atom is -0.493 e. The molecule has 0 saturated heterocycles. The van der Waals surface area contributed by atoms with Crippen molar-refractivity contribution in [2.45, 2.75) is 0 Å². The molecule has 1 N–H and O–H groups in total. The van der Waals surface area contributed by atoms with Crippen LogP contribution in [-0.4, -0.2) is 44.1 Å². The van der Waals surface area contributed by atoms with Crippen molar-refractivity contribution in [1.29, 1.82) is 0 Å². The Morgan fingerprint density at radius 2 is 1.96 bits per heavy atom. The van der Waals surface area contributed by atoms with E-state index in [2.05, 4.69) is 4.99 Å². The lowest BCUT2D eigenvalue weighted by molar-refractivity contribution is -0.139. The molecule has 0 spiro atoms. The number of carbonyl (C=O) groups excluding carboxylic acids is 1. The zero-order valence-electron chi connectivity index (χ0n) is 14.1. The van der Waals surface area contributed by atoms with Crippen LogP contribution in [0.5, 0.6) is 11.5 Å². The number of ether oxygens (including phenoxy) is 3. The van der Waals surface area contributed by atoms with Gasteiger partial charge in [0.05, 0.1) is 29.0 Å². The number of halogens is 1. The highest BCUT2D eigenvalue weighted by Crippen LogP contribution is 2.33. The van der Waals surface area contributed by atoms with Crippen LogP contribution in [0.4, 0.5) is 5.69 Å². The molecular weight excluding hydrogens is 453 g/mol. The van der Waals surface area contributed by atoms with E-state index in [1.807, 2.05) is 22.6 Å². The third-order valence-electron chi connectivity index (χ3n) is 3.25. The Hall–Kier alpha value is -2.62. The van der Waals surface area contributed by atoms with E-state index in [1.54, 1.807) is 42.6 Å². The summed E-state index contributed by atoms with van der Waals surface area (Å²) in [5.41, 5.74) is 1.53. The Morgan fingerprint density at radius 3 is 2.62 bits per heavy atom. The fraction of sp³-hybridized carbons (Fsp3) is 0.167. The van der Waals surface area contributed by atoms with Crippen LogP contribution in [0.15, 0.2) is 41.4 Å². The molecular formula is C18H16INO6. The zero-order chi connectivity index (χ0) is 19.1. The van der Waals surface area contributed by atoms with Crippen LogP contribution in [0, 0.1) is 3.57 Å². The molecule has 2 aromatic rings. The molecule has 0 heterocycles. The summed E-state index contributed by atoms with van der Waals surface area (Å²) < 4.78 is 16.0. The molecule has 0 amide bonds. The van der Waals surface area contributed by atoms with Gasteiger partial charge in [0.2, 0.25) is 0 Å². The minimum atomic E-state index is -1.08. The van der Waals surface area contributed by atoms with E-state index >= 15 is 0 Å². The van der Waals surface area contributed by atoms with E-state index in [0.29, 0.717) is 31.9 Å². The van der Waals surface area contributed by atoms with Crippen molar-refractivity contribution in [3.05, 3.63) is 51.1 Å². The topological polar surface area (TPSA) is 94.4 Å². The molecule has 2 rings (SSSR count). The number of carboxylic acid groups (broad SMARTS) is 1. The summed E-state index contributed by atoms with van der Waals surface area (Å²) >= 11 is 2.03. The Morgan fingerprint density at radius 1 is 1.23 bits per heavy atom. The average molecular weight is 469 g/mol. The lowest BCUT2D eigenvalue weighted by Crippen LogP contribution is -2.11. The largest absolute Gasteiger partial charge is 0.493 e. The van der Waals surface area contributed by atoms with E-state index in [-0.39, 0.29) is 0 Å². The number of esters is 1. The Balaban J connectivity index is 2.33. The second-order valence-electron chi connectivity index (χ2n) is 4.98. The van der Waals surface area contributed by atoms with Gasteiger partial charge in [0.1, 0.15) is 0 Å². The fourth-order valence-corrected chi connectivity index (χ4v) is 2.88. The van der Waals surface area contributed by atoms with Gasteiger partial charge < -0.3 is 19.3 Å². The first-order valence-electron chi connectivity index (χ1n) is 7.39. The maximum Gasteiger partial charge on any atom is 0.341 e. The van der Waals surface area contributed by atoms with Gasteiger partial charge in [-0.05, 0) is 52.4 Å². The molecule has 2 aromatic carbocycles. The van der Waals surface area contributed by atoms with Crippen molar-refractivity contribution in [1.82, 2.24) is 0 Å². The van der Waals surface area contributed by atoms with Crippen LogP contribution in [0.25, 0.3) is 0 Å². The molecule has 0 radical (unpaired) electrons. The number of hydrogen-bond donors (Lipinski definition) is 1. The number of nitrogens with zero attached hydrogens (tertiary/aromatic N) is 1. The number of aliphatic imine (C=N–C) groups is 1. The highest BCUT2D eigenvalue weighted by atomic mass is 127. The second kappa shape index (κ2) is 9.18. The van der Waals surface area contributed by atoms with E-state index in [4.69, 9.17) is 19.3 Å². The zero-order valence-corrected chi connectivity index (χ0v) is 16.2. The Kier molecular flexibility index (Phi) is 6.96. The van der Waals surface area contributed by atoms with Gasteiger partial charge in [-0.3, -0.25) is 4.99 Å².